The van der Waals surface area contributed by atoms with Crippen LogP contribution >= 0.6 is 0 Å². The molecule has 0 fully saturated rings. The van der Waals surface area contributed by atoms with Gasteiger partial charge in [-0.3, -0.25) is 4.98 Å². The van der Waals surface area contributed by atoms with Gasteiger partial charge in [-0.2, -0.15) is 18.2 Å². The van der Waals surface area contributed by atoms with Crippen LogP contribution in [0.15, 0.2) is 59.4 Å². The quantitative estimate of drug-likeness (QED) is 0.374. The fourth-order valence-corrected chi connectivity index (χ4v) is 2.98. The third-order valence-electron chi connectivity index (χ3n) is 4.77. The van der Waals surface area contributed by atoms with Gasteiger partial charge in [0.25, 0.3) is 0 Å². The molecule has 9 nitrogen and oxygen atoms in total. The third-order valence-corrected chi connectivity index (χ3v) is 4.77. The molecule has 0 aliphatic heterocycles. The number of ether oxygens (including phenoxy) is 1. The van der Waals surface area contributed by atoms with Crippen molar-refractivity contribution in [3.05, 3.63) is 66.4 Å². The van der Waals surface area contributed by atoms with Crippen LogP contribution in [0, 0.1) is 0 Å². The van der Waals surface area contributed by atoms with Gasteiger partial charge in [-0.25, -0.2) is 9.97 Å². The van der Waals surface area contributed by atoms with Gasteiger partial charge in [-0.05, 0) is 44.4 Å². The van der Waals surface area contributed by atoms with Crippen molar-refractivity contribution in [1.82, 2.24) is 30.0 Å². The highest BCUT2D eigenvalue weighted by atomic mass is 19.4. The standard InChI is InChI=1S/C23H22F3N7O2/c1-33(2)10-11-34-18-5-3-4-15(12-18)19-8-9-27-22(30-19)29-14-17-7-6-16(13-28-17)20-31-21(35-32-20)23(24,25)26/h3-9,12-13H,10-11,14H2,1-2H3,(H,27,29,30). The van der Waals surface area contributed by atoms with Crippen molar-refractivity contribution in [3.8, 4) is 28.4 Å². The minimum absolute atomic E-state index is 0.187. The topological polar surface area (TPSA) is 102 Å². The summed E-state index contributed by atoms with van der Waals surface area (Å²) in [6.45, 7) is 1.69. The number of benzene rings is 1. The van der Waals surface area contributed by atoms with Crippen LogP contribution in [0.1, 0.15) is 11.6 Å². The van der Waals surface area contributed by atoms with Crippen molar-refractivity contribution in [2.45, 2.75) is 12.7 Å². The number of nitrogens with one attached hydrogen (secondary N) is 1. The molecular formula is C23H22F3N7O2. The SMILES string of the molecule is CN(C)CCOc1cccc(-c2ccnc(NCc3ccc(-c4noc(C(F)(F)F)n4)cn3)n2)c1. The molecule has 182 valence electrons. The number of hydrogen-bond donors (Lipinski definition) is 1. The van der Waals surface area contributed by atoms with Gasteiger partial charge in [0.2, 0.25) is 11.8 Å². The molecule has 3 aromatic heterocycles. The van der Waals surface area contributed by atoms with E-state index >= 15 is 0 Å². The molecule has 35 heavy (non-hydrogen) atoms. The van der Waals surface area contributed by atoms with Gasteiger partial charge in [0, 0.05) is 30.1 Å². The molecule has 0 atom stereocenters. The van der Waals surface area contributed by atoms with Crippen LogP contribution in [0.2, 0.25) is 0 Å². The molecule has 0 amide bonds. The predicted octanol–water partition coefficient (Wildman–Crippen LogP) is 4.16. The lowest BCUT2D eigenvalue weighted by Gasteiger charge is -2.12. The van der Waals surface area contributed by atoms with Gasteiger partial charge in [-0.1, -0.05) is 17.3 Å². The van der Waals surface area contributed by atoms with Crippen LogP contribution in [-0.4, -0.2) is 57.2 Å². The van der Waals surface area contributed by atoms with E-state index < -0.39 is 12.1 Å². The van der Waals surface area contributed by atoms with E-state index in [9.17, 15) is 13.2 Å². The summed E-state index contributed by atoms with van der Waals surface area (Å²) in [4.78, 5) is 18.4. The van der Waals surface area contributed by atoms with Crippen LogP contribution in [0.25, 0.3) is 22.6 Å². The Balaban J connectivity index is 1.38. The number of anilines is 1. The molecule has 1 N–H and O–H groups in total. The number of hydrogen-bond acceptors (Lipinski definition) is 9. The second kappa shape index (κ2) is 10.5. The first-order valence-corrected chi connectivity index (χ1v) is 10.6. The van der Waals surface area contributed by atoms with Crippen molar-refractivity contribution in [2.24, 2.45) is 0 Å². The minimum atomic E-state index is -4.70. The Kier molecular flexibility index (Phi) is 7.20. The van der Waals surface area contributed by atoms with E-state index in [4.69, 9.17) is 4.74 Å². The zero-order valence-electron chi connectivity index (χ0n) is 19.0. The summed E-state index contributed by atoms with van der Waals surface area (Å²) < 4.78 is 48.0. The molecule has 0 saturated heterocycles. The average molecular weight is 485 g/mol. The molecule has 0 saturated carbocycles. The zero-order valence-corrected chi connectivity index (χ0v) is 19.0. The summed E-state index contributed by atoms with van der Waals surface area (Å²) in [6.07, 6.45) is -1.67. The first-order valence-electron chi connectivity index (χ1n) is 10.6. The van der Waals surface area contributed by atoms with Gasteiger partial charge < -0.3 is 19.5 Å². The molecule has 3 heterocycles. The zero-order chi connectivity index (χ0) is 24.8. The van der Waals surface area contributed by atoms with Gasteiger partial charge in [0.05, 0.1) is 17.9 Å². The van der Waals surface area contributed by atoms with Crippen molar-refractivity contribution in [2.75, 3.05) is 32.6 Å². The van der Waals surface area contributed by atoms with Gasteiger partial charge in [0.1, 0.15) is 12.4 Å². The Morgan fingerprint density at radius 1 is 1.03 bits per heavy atom. The fourth-order valence-electron chi connectivity index (χ4n) is 2.98. The number of alkyl halides is 3. The molecule has 1 aromatic carbocycles. The van der Waals surface area contributed by atoms with Crippen molar-refractivity contribution >= 4 is 5.95 Å². The van der Waals surface area contributed by atoms with Crippen molar-refractivity contribution in [3.63, 3.8) is 0 Å². The van der Waals surface area contributed by atoms with Crippen LogP contribution in [0.4, 0.5) is 19.1 Å². The number of aromatic nitrogens is 5. The van der Waals surface area contributed by atoms with E-state index in [0.717, 1.165) is 23.6 Å². The summed E-state index contributed by atoms with van der Waals surface area (Å²) in [5.74, 6) is -0.430. The summed E-state index contributed by atoms with van der Waals surface area (Å²) in [5, 5.41) is 6.45. The van der Waals surface area contributed by atoms with E-state index in [1.807, 2.05) is 43.3 Å². The maximum Gasteiger partial charge on any atom is 0.471 e. The molecule has 0 radical (unpaired) electrons. The highest BCUT2D eigenvalue weighted by Gasteiger charge is 2.38. The van der Waals surface area contributed by atoms with Crippen LogP contribution in [0.5, 0.6) is 5.75 Å². The lowest BCUT2D eigenvalue weighted by Crippen LogP contribution is -2.19. The Hall–Kier alpha value is -4.06. The van der Waals surface area contributed by atoms with E-state index in [2.05, 4.69) is 34.9 Å². The van der Waals surface area contributed by atoms with Crippen LogP contribution in [-0.2, 0) is 12.7 Å². The second-order valence-corrected chi connectivity index (χ2v) is 7.76. The normalized spacial score (nSPS) is 11.6. The Morgan fingerprint density at radius 2 is 1.89 bits per heavy atom. The highest BCUT2D eigenvalue weighted by Crippen LogP contribution is 2.29. The summed E-state index contributed by atoms with van der Waals surface area (Å²) in [7, 11) is 3.97. The second-order valence-electron chi connectivity index (χ2n) is 7.76. The van der Waals surface area contributed by atoms with Gasteiger partial charge in [0.15, 0.2) is 0 Å². The van der Waals surface area contributed by atoms with E-state index in [1.165, 1.54) is 6.20 Å². The van der Waals surface area contributed by atoms with Crippen LogP contribution < -0.4 is 10.1 Å². The number of rotatable bonds is 9. The van der Waals surface area contributed by atoms with Gasteiger partial charge in [-0.15, -0.1) is 0 Å². The first kappa shape index (κ1) is 24.1. The van der Waals surface area contributed by atoms with E-state index in [-0.39, 0.29) is 5.82 Å². The molecule has 4 aromatic rings. The fraction of sp³-hybridized carbons (Fsp3) is 0.261. The summed E-state index contributed by atoms with van der Waals surface area (Å²) >= 11 is 0. The maximum absolute atomic E-state index is 12.6. The van der Waals surface area contributed by atoms with Crippen molar-refractivity contribution in [1.29, 1.82) is 0 Å². The summed E-state index contributed by atoms with van der Waals surface area (Å²) in [6, 6.07) is 12.7. The first-order chi connectivity index (χ1) is 16.8. The smallest absolute Gasteiger partial charge is 0.471 e. The molecule has 12 heteroatoms. The number of pyridine rings is 1. The minimum Gasteiger partial charge on any atom is -0.492 e. The van der Waals surface area contributed by atoms with Gasteiger partial charge >= 0.3 is 12.1 Å². The maximum atomic E-state index is 12.6. The lowest BCUT2D eigenvalue weighted by atomic mass is 10.1. The monoisotopic (exact) mass is 485 g/mol. The molecular weight excluding hydrogens is 463 g/mol. The Bertz CT molecular complexity index is 1260. The molecule has 0 aliphatic rings. The largest absolute Gasteiger partial charge is 0.492 e. The predicted molar refractivity (Wildman–Crippen MR) is 121 cm³/mol. The third kappa shape index (κ3) is 6.51. The van der Waals surface area contributed by atoms with E-state index in [0.29, 0.717) is 30.4 Å². The van der Waals surface area contributed by atoms with Crippen molar-refractivity contribution < 1.29 is 22.4 Å². The number of nitrogens with zero attached hydrogens (tertiary/aromatic N) is 6. The van der Waals surface area contributed by atoms with E-state index in [1.54, 1.807) is 24.4 Å². The molecule has 0 bridgehead atoms. The Morgan fingerprint density at radius 3 is 2.60 bits per heavy atom. The van der Waals surface area contributed by atoms with Crippen LogP contribution in [0.3, 0.4) is 0 Å². The lowest BCUT2D eigenvalue weighted by molar-refractivity contribution is -0.159. The highest BCUT2D eigenvalue weighted by molar-refractivity contribution is 5.62. The summed E-state index contributed by atoms with van der Waals surface area (Å²) in [5.41, 5.74) is 2.54. The molecule has 0 unspecified atom stereocenters. The molecule has 4 rings (SSSR count). The number of likely N-dealkylation sites (N-methyl/N-ethyl adjacent to an activating group) is 1. The Labute approximate surface area is 199 Å². The molecule has 0 spiro atoms. The molecule has 0 aliphatic carbocycles. The number of halogens is 3. The average Bonchev–Trinajstić information content (AvgIpc) is 3.35.